The number of ether oxygens (including phenoxy) is 3. The third-order valence-electron chi connectivity index (χ3n) is 6.01. The van der Waals surface area contributed by atoms with Gasteiger partial charge in [-0.05, 0) is 61.8 Å². The second kappa shape index (κ2) is 8.95. The Morgan fingerprint density at radius 1 is 1.20 bits per heavy atom. The molecule has 30 heavy (non-hydrogen) atoms. The number of nitrogens with two attached hydrogens (primary N) is 1. The zero-order valence-corrected chi connectivity index (χ0v) is 18.0. The van der Waals surface area contributed by atoms with Crippen LogP contribution in [0.15, 0.2) is 18.3 Å². The van der Waals surface area contributed by atoms with Gasteiger partial charge < -0.3 is 30.2 Å². The van der Waals surface area contributed by atoms with Gasteiger partial charge in [-0.1, -0.05) is 0 Å². The van der Waals surface area contributed by atoms with E-state index in [-0.39, 0.29) is 6.79 Å². The highest BCUT2D eigenvalue weighted by Gasteiger charge is 2.26. The lowest BCUT2D eigenvalue weighted by molar-refractivity contribution is 0.171. The monoisotopic (exact) mass is 413 g/mol. The van der Waals surface area contributed by atoms with Gasteiger partial charge in [0.05, 0.1) is 7.11 Å². The lowest BCUT2D eigenvalue weighted by Gasteiger charge is -2.30. The zero-order chi connectivity index (χ0) is 21.1. The van der Waals surface area contributed by atoms with E-state index < -0.39 is 0 Å². The molecule has 4 rings (SSSR count). The Labute approximate surface area is 177 Å². The maximum Gasteiger partial charge on any atom is 0.231 e. The molecular formula is C22H31N5O3. The van der Waals surface area contributed by atoms with Gasteiger partial charge in [0.2, 0.25) is 18.5 Å². The number of benzene rings is 1. The van der Waals surface area contributed by atoms with Gasteiger partial charge in [0.1, 0.15) is 5.82 Å². The maximum absolute atomic E-state index is 5.79. The van der Waals surface area contributed by atoms with Crippen LogP contribution in [0.3, 0.4) is 0 Å². The molecule has 1 aromatic carbocycles. The molecule has 1 aromatic heterocycles. The third kappa shape index (κ3) is 4.38. The first-order valence-corrected chi connectivity index (χ1v) is 10.5. The van der Waals surface area contributed by atoms with E-state index in [0.717, 1.165) is 48.8 Å². The molecule has 0 amide bonds. The Morgan fingerprint density at radius 3 is 2.73 bits per heavy atom. The molecule has 0 unspecified atom stereocenters. The summed E-state index contributed by atoms with van der Waals surface area (Å²) in [5.74, 6) is 4.63. The number of nitrogen functional groups attached to an aromatic ring is 1. The van der Waals surface area contributed by atoms with Gasteiger partial charge in [0.25, 0.3) is 0 Å². The van der Waals surface area contributed by atoms with Crippen molar-refractivity contribution >= 4 is 11.8 Å². The summed E-state index contributed by atoms with van der Waals surface area (Å²) in [4.78, 5) is 10.7. The summed E-state index contributed by atoms with van der Waals surface area (Å²) in [5.41, 5.74) is 8.14. The summed E-state index contributed by atoms with van der Waals surface area (Å²) in [6.45, 7) is 2.03. The average Bonchev–Trinajstić information content (AvgIpc) is 3.22. The summed E-state index contributed by atoms with van der Waals surface area (Å²) in [7, 11) is 5.67. The topological polar surface area (TPSA) is 94.8 Å². The van der Waals surface area contributed by atoms with E-state index in [1.807, 2.05) is 37.3 Å². The maximum atomic E-state index is 5.79. The molecule has 162 valence electrons. The van der Waals surface area contributed by atoms with Gasteiger partial charge in [-0.25, -0.2) is 4.98 Å². The standard InChI is InChI=1S/C22H31N5O3/c1-27(2)21-17(12-25-22(23)26-21)16-6-4-14(5-7-16)10-24-11-15-8-18(28-3)20-19(9-15)29-13-30-20/h8-9,12,14,16,24H,4-7,10-11,13H2,1-3H3,(H2,23,25,26). The predicted octanol–water partition coefficient (Wildman–Crippen LogP) is 2.93. The minimum atomic E-state index is 0.250. The fourth-order valence-electron chi connectivity index (χ4n) is 4.43. The fraction of sp³-hybridized carbons (Fsp3) is 0.545. The van der Waals surface area contributed by atoms with E-state index in [4.69, 9.17) is 19.9 Å². The number of rotatable bonds is 7. The van der Waals surface area contributed by atoms with Gasteiger partial charge in [0.15, 0.2) is 11.5 Å². The number of anilines is 2. The average molecular weight is 414 g/mol. The van der Waals surface area contributed by atoms with Gasteiger partial charge >= 0.3 is 0 Å². The molecule has 8 nitrogen and oxygen atoms in total. The molecule has 1 fully saturated rings. The number of fused-ring (bicyclic) bond motifs is 1. The van der Waals surface area contributed by atoms with Crippen molar-refractivity contribution in [1.82, 2.24) is 15.3 Å². The van der Waals surface area contributed by atoms with E-state index >= 15 is 0 Å². The summed E-state index contributed by atoms with van der Waals surface area (Å²) >= 11 is 0. The van der Waals surface area contributed by atoms with Crippen molar-refractivity contribution in [1.29, 1.82) is 0 Å². The molecule has 0 saturated heterocycles. The molecule has 0 bridgehead atoms. The molecule has 2 aromatic rings. The summed E-state index contributed by atoms with van der Waals surface area (Å²) in [6.07, 6.45) is 6.60. The molecular weight excluding hydrogens is 382 g/mol. The number of hydrogen-bond donors (Lipinski definition) is 2. The van der Waals surface area contributed by atoms with Crippen LogP contribution in [-0.2, 0) is 6.54 Å². The van der Waals surface area contributed by atoms with Crippen LogP contribution >= 0.6 is 0 Å². The minimum absolute atomic E-state index is 0.250. The summed E-state index contributed by atoms with van der Waals surface area (Å²) in [6, 6.07) is 4.04. The van der Waals surface area contributed by atoms with E-state index in [1.54, 1.807) is 7.11 Å². The first kappa shape index (κ1) is 20.5. The van der Waals surface area contributed by atoms with Crippen molar-refractivity contribution in [2.45, 2.75) is 38.1 Å². The molecule has 2 heterocycles. The summed E-state index contributed by atoms with van der Waals surface area (Å²) < 4.78 is 16.4. The second-order valence-corrected chi connectivity index (χ2v) is 8.28. The molecule has 3 N–H and O–H groups in total. The fourth-order valence-corrected chi connectivity index (χ4v) is 4.43. The minimum Gasteiger partial charge on any atom is -0.493 e. The van der Waals surface area contributed by atoms with E-state index in [1.165, 1.54) is 18.4 Å². The molecule has 0 atom stereocenters. The smallest absolute Gasteiger partial charge is 0.231 e. The lowest BCUT2D eigenvalue weighted by atomic mass is 9.79. The molecule has 0 radical (unpaired) electrons. The normalized spacial score (nSPS) is 20.2. The Kier molecular flexibility index (Phi) is 6.13. The largest absolute Gasteiger partial charge is 0.493 e. The van der Waals surface area contributed by atoms with Crippen LogP contribution in [0, 0.1) is 5.92 Å². The van der Waals surface area contributed by atoms with Crippen LogP contribution in [0.5, 0.6) is 17.2 Å². The number of hydrogen-bond acceptors (Lipinski definition) is 8. The van der Waals surface area contributed by atoms with Crippen LogP contribution in [0.25, 0.3) is 0 Å². The van der Waals surface area contributed by atoms with Crippen molar-refractivity contribution in [2.75, 3.05) is 45.2 Å². The molecule has 2 aliphatic rings. The lowest BCUT2D eigenvalue weighted by Crippen LogP contribution is -2.26. The Bertz CT molecular complexity index is 881. The molecule has 0 spiro atoms. The van der Waals surface area contributed by atoms with Crippen LogP contribution in [0.2, 0.25) is 0 Å². The van der Waals surface area contributed by atoms with Crippen LogP contribution in [0.4, 0.5) is 11.8 Å². The van der Waals surface area contributed by atoms with Crippen LogP contribution < -0.4 is 30.2 Å². The van der Waals surface area contributed by atoms with E-state index in [0.29, 0.717) is 23.5 Å². The Hall–Kier alpha value is -2.74. The van der Waals surface area contributed by atoms with E-state index in [2.05, 4.69) is 15.3 Å². The Balaban J connectivity index is 1.29. The van der Waals surface area contributed by atoms with Crippen molar-refractivity contribution in [3.05, 3.63) is 29.5 Å². The Morgan fingerprint density at radius 2 is 2.00 bits per heavy atom. The number of methoxy groups -OCH3 is 1. The second-order valence-electron chi connectivity index (χ2n) is 8.28. The van der Waals surface area contributed by atoms with Gasteiger partial charge in [-0.15, -0.1) is 0 Å². The first-order valence-electron chi connectivity index (χ1n) is 10.5. The molecule has 1 saturated carbocycles. The summed E-state index contributed by atoms with van der Waals surface area (Å²) in [5, 5.41) is 3.60. The zero-order valence-electron chi connectivity index (χ0n) is 18.0. The number of nitrogens with zero attached hydrogens (tertiary/aromatic N) is 3. The van der Waals surface area contributed by atoms with Gasteiger partial charge in [-0.2, -0.15) is 4.98 Å². The van der Waals surface area contributed by atoms with Crippen LogP contribution in [0.1, 0.15) is 42.7 Å². The van der Waals surface area contributed by atoms with Crippen molar-refractivity contribution in [2.24, 2.45) is 5.92 Å². The van der Waals surface area contributed by atoms with Gasteiger partial charge in [-0.3, -0.25) is 0 Å². The van der Waals surface area contributed by atoms with Gasteiger partial charge in [0, 0.05) is 32.4 Å². The SMILES string of the molecule is COc1cc(CNCC2CCC(c3cnc(N)nc3N(C)C)CC2)cc2c1OCO2. The van der Waals surface area contributed by atoms with Crippen molar-refractivity contribution in [3.63, 3.8) is 0 Å². The number of nitrogens with one attached hydrogen (secondary N) is 1. The van der Waals surface area contributed by atoms with E-state index in [9.17, 15) is 0 Å². The van der Waals surface area contributed by atoms with Crippen LogP contribution in [-0.4, -0.2) is 44.5 Å². The highest BCUT2D eigenvalue weighted by Crippen LogP contribution is 2.42. The molecule has 1 aliphatic carbocycles. The highest BCUT2D eigenvalue weighted by molar-refractivity contribution is 5.55. The highest BCUT2D eigenvalue weighted by atomic mass is 16.7. The van der Waals surface area contributed by atoms with Crippen molar-refractivity contribution in [3.8, 4) is 17.2 Å². The number of aromatic nitrogens is 2. The first-order chi connectivity index (χ1) is 14.5. The van der Waals surface area contributed by atoms with Crippen molar-refractivity contribution < 1.29 is 14.2 Å². The molecule has 8 heteroatoms. The third-order valence-corrected chi connectivity index (χ3v) is 6.01. The predicted molar refractivity (Wildman–Crippen MR) is 116 cm³/mol. The molecule has 1 aliphatic heterocycles. The quantitative estimate of drug-likeness (QED) is 0.715.